The third-order valence-corrected chi connectivity index (χ3v) is 5.02. The summed E-state index contributed by atoms with van der Waals surface area (Å²) in [6, 6.07) is 19.1. The fourth-order valence-corrected chi connectivity index (χ4v) is 3.83. The molecule has 22 heavy (non-hydrogen) atoms. The average Bonchev–Trinajstić information content (AvgIpc) is 3.17. The van der Waals surface area contributed by atoms with Gasteiger partial charge in [-0.1, -0.05) is 53.8 Å². The third kappa shape index (κ3) is 2.82. The first kappa shape index (κ1) is 13.7. The van der Waals surface area contributed by atoms with Gasteiger partial charge in [-0.3, -0.25) is 0 Å². The van der Waals surface area contributed by atoms with Gasteiger partial charge >= 0.3 is 0 Å². The molecule has 0 spiro atoms. The van der Waals surface area contributed by atoms with E-state index in [2.05, 4.69) is 45.9 Å². The van der Waals surface area contributed by atoms with Crippen LogP contribution in [0.5, 0.6) is 0 Å². The van der Waals surface area contributed by atoms with Gasteiger partial charge < -0.3 is 10.6 Å². The first-order chi connectivity index (χ1) is 10.8. The highest BCUT2D eigenvalue weighted by atomic mass is 32.1. The minimum atomic E-state index is 0.428. The van der Waals surface area contributed by atoms with Gasteiger partial charge in [-0.2, -0.15) is 0 Å². The number of hydrogen-bond acceptors (Lipinski definition) is 3. The number of thiazole rings is 1. The number of benzene rings is 2. The molecule has 1 fully saturated rings. The summed E-state index contributed by atoms with van der Waals surface area (Å²) in [6.45, 7) is 0. The van der Waals surface area contributed by atoms with Crippen LogP contribution in [0.3, 0.4) is 0 Å². The Morgan fingerprint density at radius 1 is 1.09 bits per heavy atom. The Morgan fingerprint density at radius 3 is 2.68 bits per heavy atom. The number of hydrogen-bond donors (Lipinski definition) is 2. The number of fused-ring (bicyclic) bond motifs is 1. The van der Waals surface area contributed by atoms with Crippen LogP contribution in [0.4, 0.5) is 5.13 Å². The molecule has 0 amide bonds. The van der Waals surface area contributed by atoms with Gasteiger partial charge in [0.25, 0.3) is 0 Å². The number of para-hydroxylation sites is 1. The van der Waals surface area contributed by atoms with Gasteiger partial charge in [0.1, 0.15) is 0 Å². The van der Waals surface area contributed by atoms with Crippen molar-refractivity contribution in [3.05, 3.63) is 60.2 Å². The standard InChI is InChI=1S/C17H15N3S2/c21-16(18-14-10-12(14)11-6-2-1-3-7-11)20-17-19-13-8-4-5-9-15(13)22-17/h1-9,12,14H,10H2,(H2,18,19,20,21)/t12-,14-/m1/s1. The molecule has 110 valence electrons. The zero-order valence-electron chi connectivity index (χ0n) is 11.8. The maximum absolute atomic E-state index is 5.40. The van der Waals surface area contributed by atoms with E-state index in [9.17, 15) is 0 Å². The molecule has 5 heteroatoms. The van der Waals surface area contributed by atoms with Crippen LogP contribution in [-0.2, 0) is 0 Å². The van der Waals surface area contributed by atoms with Crippen LogP contribution in [0.2, 0.25) is 0 Å². The Bertz CT molecular complexity index is 780. The molecule has 2 aromatic carbocycles. The van der Waals surface area contributed by atoms with Crippen molar-refractivity contribution in [3.8, 4) is 0 Å². The number of aromatic nitrogens is 1. The molecule has 0 radical (unpaired) electrons. The smallest absolute Gasteiger partial charge is 0.190 e. The lowest BCUT2D eigenvalue weighted by Crippen LogP contribution is -2.30. The fraction of sp³-hybridized carbons (Fsp3) is 0.176. The van der Waals surface area contributed by atoms with E-state index in [1.165, 1.54) is 10.3 Å². The van der Waals surface area contributed by atoms with E-state index in [-0.39, 0.29) is 0 Å². The quantitative estimate of drug-likeness (QED) is 0.710. The van der Waals surface area contributed by atoms with Crippen molar-refractivity contribution in [3.63, 3.8) is 0 Å². The van der Waals surface area contributed by atoms with Gasteiger partial charge in [0.15, 0.2) is 10.2 Å². The lowest BCUT2D eigenvalue weighted by Gasteiger charge is -2.07. The summed E-state index contributed by atoms with van der Waals surface area (Å²) in [4.78, 5) is 4.54. The molecule has 1 heterocycles. The van der Waals surface area contributed by atoms with E-state index in [0.717, 1.165) is 17.1 Å². The summed E-state index contributed by atoms with van der Waals surface area (Å²) < 4.78 is 1.17. The Labute approximate surface area is 138 Å². The minimum absolute atomic E-state index is 0.428. The molecular weight excluding hydrogens is 310 g/mol. The van der Waals surface area contributed by atoms with Gasteiger partial charge in [0.05, 0.1) is 10.2 Å². The SMILES string of the molecule is S=C(Nc1nc2ccccc2s1)N[C@@H]1C[C@@H]1c1ccccc1. The van der Waals surface area contributed by atoms with E-state index < -0.39 is 0 Å². The fourth-order valence-electron chi connectivity index (χ4n) is 2.65. The second-order valence-corrected chi connectivity index (χ2v) is 6.88. The Morgan fingerprint density at radius 2 is 1.86 bits per heavy atom. The molecule has 4 rings (SSSR count). The molecule has 0 bridgehead atoms. The Kier molecular flexibility index (Phi) is 3.52. The van der Waals surface area contributed by atoms with Crippen LogP contribution in [0.1, 0.15) is 17.9 Å². The van der Waals surface area contributed by atoms with E-state index >= 15 is 0 Å². The summed E-state index contributed by atoms with van der Waals surface area (Å²) in [6.07, 6.45) is 1.13. The van der Waals surface area contributed by atoms with Crippen molar-refractivity contribution < 1.29 is 0 Å². The van der Waals surface area contributed by atoms with Crippen LogP contribution in [0, 0.1) is 0 Å². The van der Waals surface area contributed by atoms with Crippen LogP contribution < -0.4 is 10.6 Å². The highest BCUT2D eigenvalue weighted by Crippen LogP contribution is 2.40. The van der Waals surface area contributed by atoms with Crippen LogP contribution in [-0.4, -0.2) is 16.1 Å². The van der Waals surface area contributed by atoms with Crippen molar-refractivity contribution in [2.45, 2.75) is 18.4 Å². The van der Waals surface area contributed by atoms with E-state index in [0.29, 0.717) is 17.1 Å². The summed E-state index contributed by atoms with van der Waals surface area (Å²) >= 11 is 7.02. The number of thiocarbonyl (C=S) groups is 1. The monoisotopic (exact) mass is 325 g/mol. The van der Waals surface area contributed by atoms with Crippen LogP contribution in [0.15, 0.2) is 54.6 Å². The van der Waals surface area contributed by atoms with Crippen molar-refractivity contribution in [2.75, 3.05) is 5.32 Å². The maximum atomic E-state index is 5.40. The molecule has 0 unspecified atom stereocenters. The number of nitrogens with zero attached hydrogens (tertiary/aromatic N) is 1. The molecule has 1 saturated carbocycles. The molecule has 2 N–H and O–H groups in total. The van der Waals surface area contributed by atoms with E-state index in [1.54, 1.807) is 11.3 Å². The van der Waals surface area contributed by atoms with Crippen molar-refractivity contribution in [1.29, 1.82) is 0 Å². The summed E-state index contributed by atoms with van der Waals surface area (Å²) in [7, 11) is 0. The van der Waals surface area contributed by atoms with Crippen molar-refractivity contribution in [1.82, 2.24) is 10.3 Å². The highest BCUT2D eigenvalue weighted by Gasteiger charge is 2.38. The van der Waals surface area contributed by atoms with Gasteiger partial charge in [0, 0.05) is 12.0 Å². The molecule has 0 aliphatic heterocycles. The summed E-state index contributed by atoms with van der Waals surface area (Å²) in [5, 5.41) is 8.08. The van der Waals surface area contributed by atoms with Gasteiger partial charge in [-0.15, -0.1) is 0 Å². The first-order valence-corrected chi connectivity index (χ1v) is 8.50. The molecule has 1 aliphatic carbocycles. The zero-order valence-corrected chi connectivity index (χ0v) is 13.5. The molecule has 1 aromatic heterocycles. The van der Waals surface area contributed by atoms with E-state index in [4.69, 9.17) is 12.2 Å². The Balaban J connectivity index is 1.37. The molecule has 3 aromatic rings. The Hall–Kier alpha value is -1.98. The van der Waals surface area contributed by atoms with Crippen molar-refractivity contribution >= 4 is 44.0 Å². The van der Waals surface area contributed by atoms with E-state index in [1.807, 2.05) is 24.3 Å². The van der Waals surface area contributed by atoms with Crippen LogP contribution >= 0.6 is 23.6 Å². The molecule has 0 saturated heterocycles. The minimum Gasteiger partial charge on any atom is -0.359 e. The second-order valence-electron chi connectivity index (χ2n) is 5.44. The van der Waals surface area contributed by atoms with Gasteiger partial charge in [-0.25, -0.2) is 4.98 Å². The second kappa shape index (κ2) is 5.66. The highest BCUT2D eigenvalue weighted by molar-refractivity contribution is 7.80. The molecule has 1 aliphatic rings. The summed E-state index contributed by atoms with van der Waals surface area (Å²) in [5.74, 6) is 0.566. The predicted molar refractivity (Wildman–Crippen MR) is 96.6 cm³/mol. The lowest BCUT2D eigenvalue weighted by molar-refractivity contribution is 0.877. The predicted octanol–water partition coefficient (Wildman–Crippen LogP) is 4.14. The average molecular weight is 325 g/mol. The maximum Gasteiger partial charge on any atom is 0.190 e. The number of nitrogens with one attached hydrogen (secondary N) is 2. The number of rotatable bonds is 3. The molecule has 3 nitrogen and oxygen atoms in total. The van der Waals surface area contributed by atoms with Gasteiger partial charge in [0.2, 0.25) is 0 Å². The lowest BCUT2D eigenvalue weighted by atomic mass is 10.1. The van der Waals surface area contributed by atoms with Gasteiger partial charge in [-0.05, 0) is 36.3 Å². The van der Waals surface area contributed by atoms with Crippen LogP contribution in [0.25, 0.3) is 10.2 Å². The summed E-state index contributed by atoms with van der Waals surface area (Å²) in [5.41, 5.74) is 2.38. The third-order valence-electron chi connectivity index (χ3n) is 3.85. The first-order valence-electron chi connectivity index (χ1n) is 7.27. The largest absolute Gasteiger partial charge is 0.359 e. The molecular formula is C17H15N3S2. The normalized spacial score (nSPS) is 19.8. The topological polar surface area (TPSA) is 37.0 Å². The van der Waals surface area contributed by atoms with Crippen molar-refractivity contribution in [2.24, 2.45) is 0 Å². The number of anilines is 1. The molecule has 2 atom stereocenters. The zero-order chi connectivity index (χ0) is 14.9.